The van der Waals surface area contributed by atoms with Crippen LogP contribution in [0, 0.1) is 6.92 Å². The average Bonchev–Trinajstić information content (AvgIpc) is 2.98. The molecule has 1 fully saturated rings. The Bertz CT molecular complexity index is 1470. The number of hydrogen-bond acceptors (Lipinski definition) is 8. The van der Waals surface area contributed by atoms with Crippen molar-refractivity contribution >= 4 is 29.3 Å². The normalized spacial score (nSPS) is 13.0. The molecule has 198 valence electrons. The van der Waals surface area contributed by atoms with Gasteiger partial charge in [0, 0.05) is 35.6 Å². The summed E-state index contributed by atoms with van der Waals surface area (Å²) in [7, 11) is 1.31. The van der Waals surface area contributed by atoms with Gasteiger partial charge in [0.2, 0.25) is 5.95 Å². The molecule has 2 N–H and O–H groups in total. The van der Waals surface area contributed by atoms with E-state index in [1.165, 1.54) is 7.11 Å². The SMILES string of the molecule is COC(=O)c1cccc(NC(=O)Nc2ccc(-c3nc(-c4ccc(C)cc4)nc(N4CCOCC4)n3)cc2)c1. The van der Waals surface area contributed by atoms with E-state index in [1.807, 2.05) is 43.3 Å². The number of benzene rings is 3. The number of esters is 1. The highest BCUT2D eigenvalue weighted by Crippen LogP contribution is 2.25. The fourth-order valence-electron chi connectivity index (χ4n) is 4.07. The number of urea groups is 1. The molecule has 10 nitrogen and oxygen atoms in total. The van der Waals surface area contributed by atoms with Gasteiger partial charge >= 0.3 is 12.0 Å². The van der Waals surface area contributed by atoms with Crippen molar-refractivity contribution in [3.8, 4) is 22.8 Å². The smallest absolute Gasteiger partial charge is 0.337 e. The Hall–Kier alpha value is -4.83. The number of aryl methyl sites for hydroxylation is 1. The van der Waals surface area contributed by atoms with Crippen LogP contribution >= 0.6 is 0 Å². The maximum atomic E-state index is 12.5. The number of morpholine rings is 1. The molecule has 1 saturated heterocycles. The Kier molecular flexibility index (Phi) is 7.74. The fraction of sp³-hybridized carbons (Fsp3) is 0.207. The van der Waals surface area contributed by atoms with Gasteiger partial charge in [0.15, 0.2) is 11.6 Å². The molecule has 4 aromatic rings. The molecular formula is C29H28N6O4. The van der Waals surface area contributed by atoms with Crippen LogP contribution in [0.2, 0.25) is 0 Å². The van der Waals surface area contributed by atoms with Crippen molar-refractivity contribution in [2.75, 3.05) is 48.9 Å². The largest absolute Gasteiger partial charge is 0.465 e. The van der Waals surface area contributed by atoms with Crippen LogP contribution in [0.25, 0.3) is 22.8 Å². The van der Waals surface area contributed by atoms with E-state index in [4.69, 9.17) is 24.4 Å². The molecular weight excluding hydrogens is 496 g/mol. The number of carbonyl (C=O) groups is 2. The van der Waals surface area contributed by atoms with Crippen LogP contribution in [-0.4, -0.2) is 60.4 Å². The summed E-state index contributed by atoms with van der Waals surface area (Å²) in [6.07, 6.45) is 0. The molecule has 0 atom stereocenters. The zero-order valence-corrected chi connectivity index (χ0v) is 21.7. The molecule has 0 aliphatic carbocycles. The van der Waals surface area contributed by atoms with Gasteiger partial charge < -0.3 is 25.0 Å². The Morgan fingerprint density at radius 3 is 2.08 bits per heavy atom. The highest BCUT2D eigenvalue weighted by atomic mass is 16.5. The van der Waals surface area contributed by atoms with E-state index in [0.29, 0.717) is 60.8 Å². The number of nitrogens with one attached hydrogen (secondary N) is 2. The third-order valence-electron chi connectivity index (χ3n) is 6.17. The van der Waals surface area contributed by atoms with E-state index < -0.39 is 12.0 Å². The summed E-state index contributed by atoms with van der Waals surface area (Å²) in [5.74, 6) is 1.26. The van der Waals surface area contributed by atoms with E-state index in [1.54, 1.807) is 36.4 Å². The second-order valence-corrected chi connectivity index (χ2v) is 8.98. The number of anilines is 3. The Labute approximate surface area is 226 Å². The first-order valence-corrected chi connectivity index (χ1v) is 12.5. The summed E-state index contributed by atoms with van der Waals surface area (Å²) in [5.41, 5.74) is 4.25. The summed E-state index contributed by atoms with van der Waals surface area (Å²) in [6, 6.07) is 21.4. The molecule has 1 aliphatic rings. The highest BCUT2D eigenvalue weighted by molar-refractivity contribution is 6.00. The van der Waals surface area contributed by atoms with Gasteiger partial charge in [-0.15, -0.1) is 0 Å². The number of aromatic nitrogens is 3. The quantitative estimate of drug-likeness (QED) is 0.346. The second-order valence-electron chi connectivity index (χ2n) is 8.98. The molecule has 39 heavy (non-hydrogen) atoms. The van der Waals surface area contributed by atoms with E-state index in [2.05, 4.69) is 15.5 Å². The third-order valence-corrected chi connectivity index (χ3v) is 6.17. The highest BCUT2D eigenvalue weighted by Gasteiger charge is 2.18. The van der Waals surface area contributed by atoms with Crippen LogP contribution in [0.4, 0.5) is 22.1 Å². The molecule has 0 spiro atoms. The minimum atomic E-state index is -0.477. The van der Waals surface area contributed by atoms with Gasteiger partial charge in [0.05, 0.1) is 25.9 Å². The predicted octanol–water partition coefficient (Wildman–Crippen LogP) is 4.78. The first kappa shape index (κ1) is 25.8. The third kappa shape index (κ3) is 6.36. The monoisotopic (exact) mass is 524 g/mol. The van der Waals surface area contributed by atoms with Crippen LogP contribution in [0.5, 0.6) is 0 Å². The molecule has 0 radical (unpaired) electrons. The second kappa shape index (κ2) is 11.7. The van der Waals surface area contributed by atoms with Crippen LogP contribution < -0.4 is 15.5 Å². The molecule has 0 saturated carbocycles. The van der Waals surface area contributed by atoms with Gasteiger partial charge in [0.1, 0.15) is 0 Å². The van der Waals surface area contributed by atoms with Crippen molar-refractivity contribution in [3.63, 3.8) is 0 Å². The van der Waals surface area contributed by atoms with Gasteiger partial charge in [-0.05, 0) is 49.4 Å². The minimum absolute atomic E-state index is 0.346. The van der Waals surface area contributed by atoms with Crippen molar-refractivity contribution in [2.45, 2.75) is 6.92 Å². The molecule has 2 amide bonds. The molecule has 5 rings (SSSR count). The minimum Gasteiger partial charge on any atom is -0.465 e. The van der Waals surface area contributed by atoms with E-state index in [-0.39, 0.29) is 0 Å². The van der Waals surface area contributed by atoms with Crippen molar-refractivity contribution in [1.82, 2.24) is 15.0 Å². The Morgan fingerprint density at radius 1 is 0.821 bits per heavy atom. The number of amides is 2. The number of carbonyl (C=O) groups excluding carboxylic acids is 2. The molecule has 10 heteroatoms. The molecule has 1 aromatic heterocycles. The standard InChI is InChI=1S/C29H28N6O4/c1-19-6-8-20(9-7-19)25-32-26(34-28(33-25)35-14-16-39-17-15-35)21-10-12-23(13-11-21)30-29(37)31-24-5-3-4-22(18-24)27(36)38-2/h3-13,18H,14-17H2,1-2H3,(H2,30,31,37). The van der Waals surface area contributed by atoms with Crippen molar-refractivity contribution in [2.24, 2.45) is 0 Å². The van der Waals surface area contributed by atoms with Gasteiger partial charge in [-0.25, -0.2) is 14.6 Å². The lowest BCUT2D eigenvalue weighted by Gasteiger charge is -2.27. The van der Waals surface area contributed by atoms with Crippen molar-refractivity contribution in [3.05, 3.63) is 83.9 Å². The number of hydrogen-bond donors (Lipinski definition) is 2. The lowest BCUT2D eigenvalue weighted by molar-refractivity contribution is 0.0600. The zero-order valence-electron chi connectivity index (χ0n) is 21.7. The molecule has 0 bridgehead atoms. The first-order valence-electron chi connectivity index (χ1n) is 12.5. The van der Waals surface area contributed by atoms with Crippen LogP contribution in [0.1, 0.15) is 15.9 Å². The summed E-state index contributed by atoms with van der Waals surface area (Å²) in [5, 5.41) is 5.52. The van der Waals surface area contributed by atoms with Gasteiger partial charge in [-0.2, -0.15) is 9.97 Å². The number of rotatable bonds is 6. The molecule has 1 aliphatic heterocycles. The van der Waals surface area contributed by atoms with Crippen LogP contribution in [0.15, 0.2) is 72.8 Å². The Morgan fingerprint density at radius 2 is 1.44 bits per heavy atom. The number of nitrogens with zero attached hydrogens (tertiary/aromatic N) is 4. The van der Waals surface area contributed by atoms with Gasteiger partial charge in [-0.3, -0.25) is 0 Å². The molecule has 0 unspecified atom stereocenters. The van der Waals surface area contributed by atoms with Crippen molar-refractivity contribution < 1.29 is 19.1 Å². The summed E-state index contributed by atoms with van der Waals surface area (Å²) >= 11 is 0. The van der Waals surface area contributed by atoms with Crippen LogP contribution in [-0.2, 0) is 9.47 Å². The maximum Gasteiger partial charge on any atom is 0.337 e. The lowest BCUT2D eigenvalue weighted by atomic mass is 10.1. The Balaban J connectivity index is 1.35. The van der Waals surface area contributed by atoms with Gasteiger partial charge in [0.25, 0.3) is 0 Å². The lowest BCUT2D eigenvalue weighted by Crippen LogP contribution is -2.37. The van der Waals surface area contributed by atoms with Gasteiger partial charge in [-0.1, -0.05) is 35.9 Å². The number of ether oxygens (including phenoxy) is 2. The van der Waals surface area contributed by atoms with E-state index in [9.17, 15) is 9.59 Å². The average molecular weight is 525 g/mol. The maximum absolute atomic E-state index is 12.5. The summed E-state index contributed by atoms with van der Waals surface area (Å²) in [4.78, 5) is 40.7. The van der Waals surface area contributed by atoms with Crippen LogP contribution in [0.3, 0.4) is 0 Å². The molecule has 2 heterocycles. The summed E-state index contributed by atoms with van der Waals surface area (Å²) < 4.78 is 10.2. The first-order chi connectivity index (χ1) is 19.0. The fourth-order valence-corrected chi connectivity index (χ4v) is 4.07. The van der Waals surface area contributed by atoms with Crippen molar-refractivity contribution in [1.29, 1.82) is 0 Å². The van der Waals surface area contributed by atoms with E-state index in [0.717, 1.165) is 16.7 Å². The number of methoxy groups -OCH3 is 1. The summed E-state index contributed by atoms with van der Waals surface area (Å²) in [6.45, 7) is 4.69. The predicted molar refractivity (Wildman–Crippen MR) is 149 cm³/mol. The topological polar surface area (TPSA) is 119 Å². The zero-order chi connectivity index (χ0) is 27.2. The molecule has 3 aromatic carbocycles. The van der Waals surface area contributed by atoms with E-state index >= 15 is 0 Å².